The van der Waals surface area contributed by atoms with Crippen molar-refractivity contribution in [3.63, 3.8) is 0 Å². The monoisotopic (exact) mass is 282 g/mol. The summed E-state index contributed by atoms with van der Waals surface area (Å²) >= 11 is 0. The summed E-state index contributed by atoms with van der Waals surface area (Å²) in [6.07, 6.45) is 1.19. The molecule has 0 unspecified atom stereocenters. The zero-order valence-corrected chi connectivity index (χ0v) is 12.7. The highest BCUT2D eigenvalue weighted by Crippen LogP contribution is 2.26. The fourth-order valence-electron chi connectivity index (χ4n) is 2.39. The summed E-state index contributed by atoms with van der Waals surface area (Å²) in [5, 5.41) is 0. The molecule has 3 nitrogen and oxygen atoms in total. The van der Waals surface area contributed by atoms with Gasteiger partial charge in [-0.15, -0.1) is 0 Å². The molecule has 1 aromatic carbocycles. The van der Waals surface area contributed by atoms with E-state index in [1.807, 2.05) is 20.8 Å². The number of rotatable bonds is 8. The molecule has 0 aliphatic carbocycles. The molecule has 0 aromatic heterocycles. The molecule has 20 heavy (non-hydrogen) atoms. The molecule has 0 atom stereocenters. The third kappa shape index (κ3) is 3.37. The topological polar surface area (TPSA) is 35.5 Å². The van der Waals surface area contributed by atoms with Crippen molar-refractivity contribution in [2.24, 2.45) is 0 Å². The number of hydrogen-bond donors (Lipinski definition) is 0. The zero-order chi connectivity index (χ0) is 15.2. The lowest BCUT2D eigenvalue weighted by Crippen LogP contribution is -2.41. The first-order valence-corrected chi connectivity index (χ1v) is 7.03. The van der Waals surface area contributed by atoms with Gasteiger partial charge in [-0.3, -0.25) is 4.79 Å². The predicted molar refractivity (Wildman–Crippen MR) is 76.6 cm³/mol. The molecule has 0 heterocycles. The van der Waals surface area contributed by atoms with E-state index >= 15 is 0 Å². The Labute approximate surface area is 120 Å². The zero-order valence-electron chi connectivity index (χ0n) is 12.7. The van der Waals surface area contributed by atoms with Gasteiger partial charge in [0, 0.05) is 13.0 Å². The number of methoxy groups -OCH3 is 1. The average molecular weight is 282 g/mol. The maximum atomic E-state index is 14.1. The smallest absolute Gasteiger partial charge is 0.169 e. The number of carbonyl (C=O) groups excluding carboxylic acids is 1. The third-order valence-electron chi connectivity index (χ3n) is 3.69. The first-order valence-electron chi connectivity index (χ1n) is 7.03. The Kier molecular flexibility index (Phi) is 6.14. The Morgan fingerprint density at radius 2 is 1.90 bits per heavy atom. The van der Waals surface area contributed by atoms with Gasteiger partial charge in [-0.2, -0.15) is 0 Å². The highest BCUT2D eigenvalue weighted by molar-refractivity contribution is 5.89. The lowest BCUT2D eigenvalue weighted by molar-refractivity contribution is -0.144. The van der Waals surface area contributed by atoms with Crippen LogP contribution < -0.4 is 4.74 Å². The van der Waals surface area contributed by atoms with Gasteiger partial charge in [-0.25, -0.2) is 4.39 Å². The normalized spacial score (nSPS) is 11.4. The molecule has 1 rings (SSSR count). The quantitative estimate of drug-likeness (QED) is 0.731. The molecule has 0 spiro atoms. The summed E-state index contributed by atoms with van der Waals surface area (Å²) in [5.74, 6) is -0.400. The second kappa shape index (κ2) is 7.39. The van der Waals surface area contributed by atoms with E-state index in [2.05, 4.69) is 0 Å². The van der Waals surface area contributed by atoms with Gasteiger partial charge in [-0.1, -0.05) is 26.0 Å². The van der Waals surface area contributed by atoms with Gasteiger partial charge in [-0.05, 0) is 31.4 Å². The molecule has 4 heteroatoms. The Hall–Kier alpha value is -1.42. The first-order chi connectivity index (χ1) is 9.54. The van der Waals surface area contributed by atoms with Crippen LogP contribution in [0.4, 0.5) is 4.39 Å². The van der Waals surface area contributed by atoms with Crippen molar-refractivity contribution in [3.05, 3.63) is 29.6 Å². The molecule has 0 saturated heterocycles. The molecule has 0 aliphatic heterocycles. The minimum absolute atomic E-state index is 0.0186. The maximum Gasteiger partial charge on any atom is 0.169 e. The van der Waals surface area contributed by atoms with E-state index in [0.29, 0.717) is 25.0 Å². The van der Waals surface area contributed by atoms with Crippen molar-refractivity contribution < 1.29 is 18.7 Å². The summed E-state index contributed by atoms with van der Waals surface area (Å²) in [4.78, 5) is 12.5. The van der Waals surface area contributed by atoms with Gasteiger partial charge in [0.2, 0.25) is 0 Å². The Morgan fingerprint density at radius 1 is 1.25 bits per heavy atom. The molecular weight excluding hydrogens is 259 g/mol. The fourth-order valence-corrected chi connectivity index (χ4v) is 2.39. The van der Waals surface area contributed by atoms with Crippen molar-refractivity contribution in [2.75, 3.05) is 13.7 Å². The highest BCUT2D eigenvalue weighted by Gasteiger charge is 2.35. The van der Waals surface area contributed by atoms with Gasteiger partial charge in [0.25, 0.3) is 0 Å². The van der Waals surface area contributed by atoms with E-state index in [1.54, 1.807) is 18.2 Å². The van der Waals surface area contributed by atoms with E-state index in [-0.39, 0.29) is 18.0 Å². The number of hydrogen-bond acceptors (Lipinski definition) is 3. The summed E-state index contributed by atoms with van der Waals surface area (Å²) in [6.45, 7) is 6.16. The van der Waals surface area contributed by atoms with E-state index in [9.17, 15) is 9.18 Å². The van der Waals surface area contributed by atoms with Crippen LogP contribution in [0.15, 0.2) is 18.2 Å². The van der Waals surface area contributed by atoms with Crippen molar-refractivity contribution in [3.8, 4) is 5.75 Å². The van der Waals surface area contributed by atoms with E-state index in [0.717, 1.165) is 0 Å². The second-order valence-electron chi connectivity index (χ2n) is 4.67. The van der Waals surface area contributed by atoms with Crippen LogP contribution in [0.2, 0.25) is 0 Å². The van der Waals surface area contributed by atoms with E-state index in [4.69, 9.17) is 9.47 Å². The van der Waals surface area contributed by atoms with Crippen LogP contribution in [-0.4, -0.2) is 25.1 Å². The van der Waals surface area contributed by atoms with Crippen molar-refractivity contribution in [1.29, 1.82) is 0 Å². The van der Waals surface area contributed by atoms with Crippen LogP contribution in [0.25, 0.3) is 0 Å². The number of Topliss-reactive ketones (excluding diaryl/α,β-unsaturated/α-hetero) is 1. The van der Waals surface area contributed by atoms with Crippen LogP contribution in [0, 0.1) is 5.82 Å². The summed E-state index contributed by atoms with van der Waals surface area (Å²) in [6, 6.07) is 4.83. The molecule has 0 fully saturated rings. The van der Waals surface area contributed by atoms with Crippen molar-refractivity contribution in [2.45, 2.75) is 45.6 Å². The molecule has 0 aliphatic rings. The van der Waals surface area contributed by atoms with Crippen LogP contribution >= 0.6 is 0 Å². The third-order valence-corrected chi connectivity index (χ3v) is 3.69. The predicted octanol–water partition coefficient (Wildman–Crippen LogP) is 3.54. The highest BCUT2D eigenvalue weighted by atomic mass is 19.1. The first kappa shape index (κ1) is 16.6. The van der Waals surface area contributed by atoms with Gasteiger partial charge in [0.1, 0.15) is 5.60 Å². The number of ether oxygens (including phenoxy) is 2. The lowest BCUT2D eigenvalue weighted by Gasteiger charge is -2.30. The summed E-state index contributed by atoms with van der Waals surface area (Å²) < 4.78 is 24.7. The fraction of sp³-hybridized carbons (Fsp3) is 0.562. The Morgan fingerprint density at radius 3 is 2.40 bits per heavy atom. The average Bonchev–Trinajstić information content (AvgIpc) is 2.47. The largest absolute Gasteiger partial charge is 0.494 e. The molecule has 0 amide bonds. The molecule has 0 saturated carbocycles. The van der Waals surface area contributed by atoms with E-state index in [1.165, 1.54) is 7.11 Å². The summed E-state index contributed by atoms with van der Waals surface area (Å²) in [7, 11) is 1.41. The van der Waals surface area contributed by atoms with Crippen LogP contribution in [0.3, 0.4) is 0 Å². The number of halogens is 1. The molecule has 112 valence electrons. The minimum Gasteiger partial charge on any atom is -0.494 e. The van der Waals surface area contributed by atoms with Gasteiger partial charge >= 0.3 is 0 Å². The van der Waals surface area contributed by atoms with Crippen LogP contribution in [-0.2, 0) is 16.0 Å². The molecule has 1 aromatic rings. The molecule has 0 radical (unpaired) electrons. The van der Waals surface area contributed by atoms with Gasteiger partial charge < -0.3 is 9.47 Å². The number of carbonyl (C=O) groups is 1. The SMILES string of the molecule is CCOC(CC)(CC)C(=O)Cc1cccc(OC)c1F. The number of ketones is 1. The molecule has 0 bridgehead atoms. The van der Waals surface area contributed by atoms with Crippen LogP contribution in [0.1, 0.15) is 39.2 Å². The maximum absolute atomic E-state index is 14.1. The number of benzene rings is 1. The summed E-state index contributed by atoms with van der Waals surface area (Å²) in [5.41, 5.74) is -0.468. The van der Waals surface area contributed by atoms with E-state index < -0.39 is 11.4 Å². The van der Waals surface area contributed by atoms with Crippen molar-refractivity contribution >= 4 is 5.78 Å². The minimum atomic E-state index is -0.815. The molecule has 0 N–H and O–H groups in total. The molecular formula is C16H23FO3. The lowest BCUT2D eigenvalue weighted by atomic mass is 9.88. The van der Waals surface area contributed by atoms with Gasteiger partial charge in [0.05, 0.1) is 7.11 Å². The Bertz CT molecular complexity index is 453. The van der Waals surface area contributed by atoms with Crippen molar-refractivity contribution in [1.82, 2.24) is 0 Å². The van der Waals surface area contributed by atoms with Gasteiger partial charge in [0.15, 0.2) is 17.3 Å². The Balaban J connectivity index is 2.99. The second-order valence-corrected chi connectivity index (χ2v) is 4.67. The standard InChI is InChI=1S/C16H23FO3/c1-5-16(6-2,20-7-3)14(18)11-12-9-8-10-13(19-4)15(12)17/h8-10H,5-7,11H2,1-4H3. The van der Waals surface area contributed by atoms with Crippen LogP contribution in [0.5, 0.6) is 5.75 Å².